The number of carboxylic acid groups (broad SMARTS) is 1. The Labute approximate surface area is 104 Å². The first-order valence-corrected chi connectivity index (χ1v) is 5.76. The van der Waals surface area contributed by atoms with Crippen LogP contribution in [0.2, 0.25) is 0 Å². The summed E-state index contributed by atoms with van der Waals surface area (Å²) in [5.41, 5.74) is 0.156. The zero-order chi connectivity index (χ0) is 13.2. The molecule has 5 heteroatoms. The second-order valence-electron chi connectivity index (χ2n) is 4.80. The number of hydrogen-bond acceptors (Lipinski definition) is 2. The van der Waals surface area contributed by atoms with Gasteiger partial charge in [-0.25, -0.2) is 4.39 Å². The second-order valence-corrected chi connectivity index (χ2v) is 4.80. The van der Waals surface area contributed by atoms with E-state index in [0.29, 0.717) is 5.69 Å². The van der Waals surface area contributed by atoms with Crippen molar-refractivity contribution in [3.63, 3.8) is 0 Å². The molecule has 0 spiro atoms. The molecule has 0 heterocycles. The molecule has 0 unspecified atom stereocenters. The smallest absolute Gasteiger partial charge is 0.303 e. The number of carboxylic acids is 1. The van der Waals surface area contributed by atoms with Gasteiger partial charge in [0.05, 0.1) is 6.42 Å². The minimum atomic E-state index is -0.873. The third-order valence-electron chi connectivity index (χ3n) is 3.15. The third kappa shape index (κ3) is 3.29. The van der Waals surface area contributed by atoms with Gasteiger partial charge in [0.1, 0.15) is 5.82 Å². The van der Waals surface area contributed by atoms with Crippen molar-refractivity contribution in [1.29, 1.82) is 0 Å². The van der Waals surface area contributed by atoms with Gasteiger partial charge < -0.3 is 10.4 Å². The number of aliphatic carboxylic acids is 1. The number of halogens is 1. The molecule has 1 saturated carbocycles. The van der Waals surface area contributed by atoms with E-state index in [1.807, 2.05) is 0 Å². The van der Waals surface area contributed by atoms with Crippen molar-refractivity contribution in [2.24, 2.45) is 5.41 Å². The molecule has 2 rings (SSSR count). The Kier molecular flexibility index (Phi) is 3.32. The number of benzene rings is 1. The molecule has 1 amide bonds. The van der Waals surface area contributed by atoms with Crippen LogP contribution < -0.4 is 5.32 Å². The first-order valence-electron chi connectivity index (χ1n) is 5.76. The number of anilines is 1. The highest BCUT2D eigenvalue weighted by atomic mass is 19.1. The molecule has 0 aromatic heterocycles. The average Bonchev–Trinajstić information content (AvgIpc) is 3.00. The van der Waals surface area contributed by atoms with Crippen molar-refractivity contribution >= 4 is 17.6 Å². The van der Waals surface area contributed by atoms with Crippen molar-refractivity contribution < 1.29 is 19.1 Å². The van der Waals surface area contributed by atoms with Gasteiger partial charge in [0, 0.05) is 12.1 Å². The molecule has 18 heavy (non-hydrogen) atoms. The predicted molar refractivity (Wildman–Crippen MR) is 63.6 cm³/mol. The molecule has 96 valence electrons. The Bertz CT molecular complexity index is 466. The molecule has 1 aromatic rings. The summed E-state index contributed by atoms with van der Waals surface area (Å²) in [6.07, 6.45) is 1.78. The van der Waals surface area contributed by atoms with Crippen LogP contribution in [0.1, 0.15) is 25.7 Å². The van der Waals surface area contributed by atoms with E-state index in [2.05, 4.69) is 5.32 Å². The minimum absolute atomic E-state index is 0.0316. The lowest BCUT2D eigenvalue weighted by molar-refractivity contribution is -0.138. The zero-order valence-electron chi connectivity index (χ0n) is 9.78. The summed E-state index contributed by atoms with van der Waals surface area (Å²) in [4.78, 5) is 22.4. The van der Waals surface area contributed by atoms with Gasteiger partial charge in [-0.05, 0) is 42.5 Å². The van der Waals surface area contributed by atoms with Gasteiger partial charge >= 0.3 is 5.97 Å². The topological polar surface area (TPSA) is 66.4 Å². The van der Waals surface area contributed by atoms with Gasteiger partial charge in [-0.15, -0.1) is 0 Å². The Morgan fingerprint density at radius 1 is 1.22 bits per heavy atom. The number of nitrogens with one attached hydrogen (secondary N) is 1. The monoisotopic (exact) mass is 251 g/mol. The van der Waals surface area contributed by atoms with Crippen LogP contribution in [0.4, 0.5) is 10.1 Å². The molecule has 0 atom stereocenters. The highest BCUT2D eigenvalue weighted by Gasteiger charge is 2.45. The maximum Gasteiger partial charge on any atom is 0.303 e. The molecular weight excluding hydrogens is 237 g/mol. The summed E-state index contributed by atoms with van der Waals surface area (Å²) in [6.45, 7) is 0. The summed E-state index contributed by atoms with van der Waals surface area (Å²) in [5.74, 6) is -1.46. The van der Waals surface area contributed by atoms with E-state index in [1.54, 1.807) is 0 Å². The molecular formula is C13H14FNO3. The van der Waals surface area contributed by atoms with E-state index in [1.165, 1.54) is 24.3 Å². The van der Waals surface area contributed by atoms with Gasteiger partial charge in [-0.3, -0.25) is 9.59 Å². The van der Waals surface area contributed by atoms with Gasteiger partial charge in [0.25, 0.3) is 0 Å². The maximum absolute atomic E-state index is 12.7. The highest BCUT2D eigenvalue weighted by Crippen LogP contribution is 2.51. The molecule has 0 radical (unpaired) electrons. The normalized spacial score (nSPS) is 16.1. The fraction of sp³-hybridized carbons (Fsp3) is 0.385. The molecule has 1 fully saturated rings. The minimum Gasteiger partial charge on any atom is -0.481 e. The summed E-state index contributed by atoms with van der Waals surface area (Å²) in [6, 6.07) is 5.48. The lowest BCUT2D eigenvalue weighted by Gasteiger charge is -2.12. The Balaban J connectivity index is 1.89. The summed E-state index contributed by atoms with van der Waals surface area (Å²) in [7, 11) is 0. The Morgan fingerprint density at radius 2 is 1.83 bits per heavy atom. The first kappa shape index (κ1) is 12.5. The van der Waals surface area contributed by atoms with E-state index in [0.717, 1.165) is 12.8 Å². The van der Waals surface area contributed by atoms with Crippen LogP contribution in [0.5, 0.6) is 0 Å². The fourth-order valence-corrected chi connectivity index (χ4v) is 1.99. The molecule has 2 N–H and O–H groups in total. The van der Waals surface area contributed by atoms with Crippen LogP contribution in [0.15, 0.2) is 24.3 Å². The summed E-state index contributed by atoms with van der Waals surface area (Å²) >= 11 is 0. The number of amides is 1. The van der Waals surface area contributed by atoms with Crippen LogP contribution >= 0.6 is 0 Å². The largest absolute Gasteiger partial charge is 0.481 e. The molecule has 0 aliphatic heterocycles. The van der Waals surface area contributed by atoms with Crippen LogP contribution in [0.25, 0.3) is 0 Å². The van der Waals surface area contributed by atoms with Crippen molar-refractivity contribution in [2.75, 3.05) is 5.32 Å². The number of carbonyl (C=O) groups excluding carboxylic acids is 1. The predicted octanol–water partition coefficient (Wildman–Crippen LogP) is 2.41. The van der Waals surface area contributed by atoms with Gasteiger partial charge in [-0.1, -0.05) is 0 Å². The van der Waals surface area contributed by atoms with E-state index < -0.39 is 5.97 Å². The van der Waals surface area contributed by atoms with Gasteiger partial charge in [0.2, 0.25) is 5.91 Å². The molecule has 0 bridgehead atoms. The SMILES string of the molecule is O=C(O)CC1(CC(=O)Nc2ccc(F)cc2)CC1. The zero-order valence-corrected chi connectivity index (χ0v) is 9.78. The van der Waals surface area contributed by atoms with Crippen LogP contribution in [-0.4, -0.2) is 17.0 Å². The van der Waals surface area contributed by atoms with Crippen LogP contribution in [-0.2, 0) is 9.59 Å². The molecule has 1 aliphatic rings. The Hall–Kier alpha value is -1.91. The van der Waals surface area contributed by atoms with Crippen molar-refractivity contribution in [3.05, 3.63) is 30.1 Å². The molecule has 0 saturated heterocycles. The van der Waals surface area contributed by atoms with Gasteiger partial charge in [-0.2, -0.15) is 0 Å². The fourth-order valence-electron chi connectivity index (χ4n) is 1.99. The van der Waals surface area contributed by atoms with Crippen molar-refractivity contribution in [2.45, 2.75) is 25.7 Å². The molecule has 1 aliphatic carbocycles. The standard InChI is InChI=1S/C13H14FNO3/c14-9-1-3-10(4-2-9)15-11(16)7-13(5-6-13)8-12(17)18/h1-4H,5-8H2,(H,15,16)(H,17,18). The van der Waals surface area contributed by atoms with E-state index in [-0.39, 0.29) is 30.0 Å². The maximum atomic E-state index is 12.7. The van der Waals surface area contributed by atoms with E-state index in [9.17, 15) is 14.0 Å². The Morgan fingerprint density at radius 3 is 2.33 bits per heavy atom. The molecule has 4 nitrogen and oxygen atoms in total. The van der Waals surface area contributed by atoms with E-state index >= 15 is 0 Å². The van der Waals surface area contributed by atoms with Crippen LogP contribution in [0, 0.1) is 11.2 Å². The molecule has 1 aromatic carbocycles. The lowest BCUT2D eigenvalue weighted by atomic mass is 9.98. The summed E-state index contributed by atoms with van der Waals surface area (Å²) < 4.78 is 12.7. The van der Waals surface area contributed by atoms with Crippen molar-refractivity contribution in [3.8, 4) is 0 Å². The van der Waals surface area contributed by atoms with Crippen LogP contribution in [0.3, 0.4) is 0 Å². The second kappa shape index (κ2) is 4.76. The third-order valence-corrected chi connectivity index (χ3v) is 3.15. The average molecular weight is 251 g/mol. The number of carbonyl (C=O) groups is 2. The number of rotatable bonds is 5. The summed E-state index contributed by atoms with van der Waals surface area (Å²) in [5, 5.41) is 11.4. The quantitative estimate of drug-likeness (QED) is 0.844. The number of hydrogen-bond donors (Lipinski definition) is 2. The van der Waals surface area contributed by atoms with Crippen molar-refractivity contribution in [1.82, 2.24) is 0 Å². The van der Waals surface area contributed by atoms with E-state index in [4.69, 9.17) is 5.11 Å². The highest BCUT2D eigenvalue weighted by molar-refractivity contribution is 5.91. The lowest BCUT2D eigenvalue weighted by Crippen LogP contribution is -2.19. The first-order chi connectivity index (χ1) is 8.49. The van der Waals surface area contributed by atoms with Gasteiger partial charge in [0.15, 0.2) is 0 Å².